The summed E-state index contributed by atoms with van der Waals surface area (Å²) in [4.78, 5) is 10.7. The second kappa shape index (κ2) is 3.72. The minimum Gasteiger partial charge on any atom is -0.382 e. The Kier molecular flexibility index (Phi) is 2.62. The Labute approximate surface area is 63.6 Å². The Morgan fingerprint density at radius 1 is 1.73 bits per heavy atom. The maximum absolute atomic E-state index is 10.7. The molecule has 0 saturated heterocycles. The van der Waals surface area contributed by atoms with Gasteiger partial charge in [0, 0.05) is 19.2 Å². The van der Waals surface area contributed by atoms with E-state index in [-0.39, 0.29) is 5.56 Å². The number of H-pyrrole nitrogens is 1. The first-order chi connectivity index (χ1) is 5.33. The first-order valence-electron chi connectivity index (χ1n) is 3.31. The number of hydrogen-bond acceptors (Lipinski definition) is 4. The summed E-state index contributed by atoms with van der Waals surface area (Å²) < 4.78 is 0. The van der Waals surface area contributed by atoms with Crippen LogP contribution in [0.25, 0.3) is 0 Å². The van der Waals surface area contributed by atoms with Crippen molar-refractivity contribution in [2.24, 2.45) is 5.73 Å². The molecule has 0 unspecified atom stereocenters. The molecule has 0 atom stereocenters. The molecule has 0 aliphatic carbocycles. The van der Waals surface area contributed by atoms with Crippen molar-refractivity contribution in [2.45, 2.75) is 0 Å². The molecule has 5 heteroatoms. The van der Waals surface area contributed by atoms with Gasteiger partial charge < -0.3 is 11.1 Å². The van der Waals surface area contributed by atoms with Gasteiger partial charge in [-0.25, -0.2) is 5.10 Å². The van der Waals surface area contributed by atoms with Crippen LogP contribution in [0.1, 0.15) is 0 Å². The van der Waals surface area contributed by atoms with Gasteiger partial charge in [-0.1, -0.05) is 0 Å². The van der Waals surface area contributed by atoms with E-state index in [2.05, 4.69) is 15.5 Å². The molecule has 0 aliphatic rings. The molecule has 0 aliphatic heterocycles. The van der Waals surface area contributed by atoms with Crippen LogP contribution < -0.4 is 16.6 Å². The number of nitrogens with zero attached hydrogens (tertiary/aromatic N) is 1. The number of nitrogens with one attached hydrogen (secondary N) is 2. The van der Waals surface area contributed by atoms with E-state index in [1.54, 1.807) is 0 Å². The van der Waals surface area contributed by atoms with Gasteiger partial charge in [0.1, 0.15) is 0 Å². The van der Waals surface area contributed by atoms with Crippen molar-refractivity contribution in [2.75, 3.05) is 18.4 Å². The van der Waals surface area contributed by atoms with E-state index in [0.717, 1.165) is 0 Å². The largest absolute Gasteiger partial charge is 0.382 e. The zero-order valence-electron chi connectivity index (χ0n) is 6.00. The van der Waals surface area contributed by atoms with E-state index in [4.69, 9.17) is 5.73 Å². The second-order valence-corrected chi connectivity index (χ2v) is 2.05. The molecule has 0 spiro atoms. The number of aromatic amines is 1. The van der Waals surface area contributed by atoms with Gasteiger partial charge >= 0.3 is 0 Å². The third-order valence-corrected chi connectivity index (χ3v) is 1.14. The smallest absolute Gasteiger partial charge is 0.266 e. The number of aromatic nitrogens is 2. The summed E-state index contributed by atoms with van der Waals surface area (Å²) in [6.45, 7) is 1.18. The molecule has 1 rings (SSSR count). The Balaban J connectivity index is 2.64. The normalized spacial score (nSPS) is 9.55. The summed E-state index contributed by atoms with van der Waals surface area (Å²) in [5.74, 6) is 0. The van der Waals surface area contributed by atoms with Crippen LogP contribution in [0.5, 0.6) is 0 Å². The molecular weight excluding hydrogens is 144 g/mol. The first kappa shape index (κ1) is 7.74. The van der Waals surface area contributed by atoms with Gasteiger partial charge in [-0.2, -0.15) is 5.10 Å². The fourth-order valence-corrected chi connectivity index (χ4v) is 0.689. The lowest BCUT2D eigenvalue weighted by atomic mass is 10.4. The van der Waals surface area contributed by atoms with E-state index in [1.165, 1.54) is 12.3 Å². The molecule has 1 aromatic heterocycles. The number of hydrogen-bond donors (Lipinski definition) is 3. The fourth-order valence-electron chi connectivity index (χ4n) is 0.689. The predicted molar refractivity (Wildman–Crippen MR) is 42.4 cm³/mol. The molecular formula is C6H10N4O. The second-order valence-electron chi connectivity index (χ2n) is 2.05. The molecule has 0 saturated carbocycles. The average molecular weight is 154 g/mol. The summed E-state index contributed by atoms with van der Waals surface area (Å²) in [5, 5.41) is 8.80. The summed E-state index contributed by atoms with van der Waals surface area (Å²) in [6.07, 6.45) is 1.54. The SMILES string of the molecule is NCCNc1cn[nH]c(=O)c1. The first-order valence-corrected chi connectivity index (χ1v) is 3.31. The van der Waals surface area contributed by atoms with E-state index in [0.29, 0.717) is 18.8 Å². The van der Waals surface area contributed by atoms with Gasteiger partial charge in [-0.15, -0.1) is 0 Å². The van der Waals surface area contributed by atoms with Crippen LogP contribution in [0, 0.1) is 0 Å². The molecule has 0 fully saturated rings. The number of anilines is 1. The van der Waals surface area contributed by atoms with Crippen LogP contribution in [0.4, 0.5) is 5.69 Å². The van der Waals surface area contributed by atoms with E-state index < -0.39 is 0 Å². The lowest BCUT2D eigenvalue weighted by Crippen LogP contribution is -2.15. The van der Waals surface area contributed by atoms with Crippen molar-refractivity contribution in [3.63, 3.8) is 0 Å². The highest BCUT2D eigenvalue weighted by atomic mass is 16.1. The predicted octanol–water partition coefficient (Wildman–Crippen LogP) is -0.860. The zero-order chi connectivity index (χ0) is 8.10. The fraction of sp³-hybridized carbons (Fsp3) is 0.333. The van der Waals surface area contributed by atoms with E-state index >= 15 is 0 Å². The van der Waals surface area contributed by atoms with Crippen molar-refractivity contribution in [1.82, 2.24) is 10.2 Å². The van der Waals surface area contributed by atoms with Gasteiger partial charge in [0.15, 0.2) is 0 Å². The summed E-state index contributed by atoms with van der Waals surface area (Å²) >= 11 is 0. The average Bonchev–Trinajstić information content (AvgIpc) is 2.01. The molecule has 5 nitrogen and oxygen atoms in total. The van der Waals surface area contributed by atoms with E-state index in [9.17, 15) is 4.79 Å². The van der Waals surface area contributed by atoms with Gasteiger partial charge in [-0.05, 0) is 0 Å². The molecule has 0 bridgehead atoms. The zero-order valence-corrected chi connectivity index (χ0v) is 6.00. The molecule has 11 heavy (non-hydrogen) atoms. The molecule has 0 amide bonds. The third kappa shape index (κ3) is 2.38. The van der Waals surface area contributed by atoms with Crippen molar-refractivity contribution in [3.8, 4) is 0 Å². The third-order valence-electron chi connectivity index (χ3n) is 1.14. The maximum Gasteiger partial charge on any atom is 0.266 e. The monoisotopic (exact) mass is 154 g/mol. The quantitative estimate of drug-likeness (QED) is 0.529. The Hall–Kier alpha value is -1.36. The molecule has 0 aromatic carbocycles. The van der Waals surface area contributed by atoms with Gasteiger partial charge in [0.05, 0.1) is 11.9 Å². The Morgan fingerprint density at radius 2 is 2.55 bits per heavy atom. The van der Waals surface area contributed by atoms with Crippen molar-refractivity contribution >= 4 is 5.69 Å². The molecule has 1 aromatic rings. The van der Waals surface area contributed by atoms with Crippen molar-refractivity contribution in [1.29, 1.82) is 0 Å². The molecule has 60 valence electrons. The highest BCUT2D eigenvalue weighted by Crippen LogP contribution is 1.95. The van der Waals surface area contributed by atoms with Crippen molar-refractivity contribution < 1.29 is 0 Å². The minimum absolute atomic E-state index is 0.216. The van der Waals surface area contributed by atoms with Crippen LogP contribution in [0.3, 0.4) is 0 Å². The topological polar surface area (TPSA) is 83.8 Å². The molecule has 4 N–H and O–H groups in total. The van der Waals surface area contributed by atoms with Crippen LogP contribution in [-0.2, 0) is 0 Å². The lowest BCUT2D eigenvalue weighted by Gasteiger charge is -2.00. The lowest BCUT2D eigenvalue weighted by molar-refractivity contribution is 0.971. The highest BCUT2D eigenvalue weighted by molar-refractivity contribution is 5.38. The molecule has 0 radical (unpaired) electrons. The van der Waals surface area contributed by atoms with Gasteiger partial charge in [0.25, 0.3) is 5.56 Å². The van der Waals surface area contributed by atoms with Crippen LogP contribution in [-0.4, -0.2) is 23.3 Å². The van der Waals surface area contributed by atoms with E-state index in [1.807, 2.05) is 0 Å². The van der Waals surface area contributed by atoms with Crippen LogP contribution >= 0.6 is 0 Å². The van der Waals surface area contributed by atoms with Crippen molar-refractivity contribution in [3.05, 3.63) is 22.6 Å². The van der Waals surface area contributed by atoms with Gasteiger partial charge in [0.2, 0.25) is 0 Å². The summed E-state index contributed by atoms with van der Waals surface area (Å²) in [7, 11) is 0. The minimum atomic E-state index is -0.216. The number of nitrogens with two attached hydrogens (primary N) is 1. The van der Waals surface area contributed by atoms with Crippen LogP contribution in [0.2, 0.25) is 0 Å². The standard InChI is InChI=1S/C6H10N4O/c7-1-2-8-5-3-6(11)10-9-4-5/h3-4H,1-2,7H2,(H2,8,10,11). The van der Waals surface area contributed by atoms with Crippen LogP contribution in [0.15, 0.2) is 17.1 Å². The summed E-state index contributed by atoms with van der Waals surface area (Å²) in [5.41, 5.74) is 5.72. The molecule has 1 heterocycles. The maximum atomic E-state index is 10.7. The Morgan fingerprint density at radius 3 is 3.18 bits per heavy atom. The number of rotatable bonds is 3. The van der Waals surface area contributed by atoms with Gasteiger partial charge in [-0.3, -0.25) is 4.79 Å². The summed E-state index contributed by atoms with van der Waals surface area (Å²) in [6, 6.07) is 1.43. The Bertz CT molecular complexity index is 269. The highest BCUT2D eigenvalue weighted by Gasteiger charge is 1.90.